The summed E-state index contributed by atoms with van der Waals surface area (Å²) in [5.74, 6) is 0. The van der Waals surface area contributed by atoms with Crippen LogP contribution in [0.25, 0.3) is 115 Å². The molecule has 63 heavy (non-hydrogen) atoms. The molecule has 0 saturated heterocycles. The average Bonchev–Trinajstić information content (AvgIpc) is 3.99. The first-order valence-electron chi connectivity index (χ1n) is 21.1. The highest BCUT2D eigenvalue weighted by molar-refractivity contribution is 6.23. The third-order valence-corrected chi connectivity index (χ3v) is 13.1. The molecule has 0 aliphatic heterocycles. The van der Waals surface area contributed by atoms with Crippen LogP contribution in [0.5, 0.6) is 0 Å². The maximum absolute atomic E-state index is 11.1. The summed E-state index contributed by atoms with van der Waals surface area (Å²) in [5.41, 5.74) is 11.9. The number of rotatable bonds is 4. The van der Waals surface area contributed by atoms with E-state index in [1.54, 1.807) is 0 Å². The minimum Gasteiger partial charge on any atom is -0.309 e. The fourth-order valence-electron chi connectivity index (χ4n) is 10.4. The van der Waals surface area contributed by atoms with Crippen LogP contribution in [0.4, 0.5) is 0 Å². The van der Waals surface area contributed by atoms with Crippen molar-refractivity contribution in [2.75, 3.05) is 0 Å². The van der Waals surface area contributed by atoms with E-state index < -0.39 is 0 Å². The number of hydrogen-bond donors (Lipinski definition) is 0. The van der Waals surface area contributed by atoms with Crippen molar-refractivity contribution in [3.8, 4) is 40.3 Å². The molecular formula is C58H33N5. The van der Waals surface area contributed by atoms with Gasteiger partial charge in [0.25, 0.3) is 0 Å². The van der Waals surface area contributed by atoms with Crippen molar-refractivity contribution in [2.45, 2.75) is 0 Å². The van der Waals surface area contributed by atoms with Crippen LogP contribution >= 0.6 is 0 Å². The normalized spacial score (nSPS) is 11.8. The van der Waals surface area contributed by atoms with Gasteiger partial charge in [-0.05, 0) is 105 Å². The van der Waals surface area contributed by atoms with Gasteiger partial charge in [-0.15, -0.1) is 0 Å². The van der Waals surface area contributed by atoms with E-state index in [9.17, 15) is 10.5 Å². The summed E-state index contributed by atoms with van der Waals surface area (Å²) in [6, 6.07) is 75.3. The molecule has 13 rings (SSSR count). The van der Waals surface area contributed by atoms with Gasteiger partial charge in [0.15, 0.2) is 0 Å². The Morgan fingerprint density at radius 2 is 0.730 bits per heavy atom. The summed E-state index contributed by atoms with van der Waals surface area (Å²) in [6.07, 6.45) is 0. The number of fused-ring (bicyclic) bond motifs is 13. The van der Waals surface area contributed by atoms with E-state index >= 15 is 0 Å². The van der Waals surface area contributed by atoms with Gasteiger partial charge in [0.1, 0.15) is 12.1 Å². The number of nitrogens with zero attached hydrogens (tertiary/aromatic N) is 5. The molecule has 0 spiro atoms. The van der Waals surface area contributed by atoms with Gasteiger partial charge >= 0.3 is 0 Å². The number of nitriles is 2. The van der Waals surface area contributed by atoms with Crippen molar-refractivity contribution in [2.24, 2.45) is 0 Å². The van der Waals surface area contributed by atoms with Crippen LogP contribution in [0.3, 0.4) is 0 Å². The van der Waals surface area contributed by atoms with E-state index in [1.165, 1.54) is 16.3 Å². The van der Waals surface area contributed by atoms with E-state index in [-0.39, 0.29) is 0 Å². The number of hydrogen-bond acceptors (Lipinski definition) is 2. The Kier molecular flexibility index (Phi) is 7.37. The van der Waals surface area contributed by atoms with Crippen molar-refractivity contribution in [3.63, 3.8) is 0 Å². The first-order chi connectivity index (χ1) is 31.2. The fraction of sp³-hybridized carbons (Fsp3) is 0. The molecule has 0 bridgehead atoms. The smallest absolute Gasteiger partial charge is 0.101 e. The summed E-state index contributed by atoms with van der Waals surface area (Å²) < 4.78 is 6.67. The van der Waals surface area contributed by atoms with E-state index in [0.717, 1.165) is 87.5 Å². The second kappa shape index (κ2) is 13.3. The van der Waals surface area contributed by atoms with Crippen molar-refractivity contribution in [3.05, 3.63) is 211 Å². The lowest BCUT2D eigenvalue weighted by atomic mass is 9.99. The van der Waals surface area contributed by atoms with Crippen molar-refractivity contribution >= 4 is 87.0 Å². The monoisotopic (exact) mass is 799 g/mol. The third kappa shape index (κ3) is 4.97. The van der Waals surface area contributed by atoms with Gasteiger partial charge in [-0.1, -0.05) is 127 Å². The molecule has 0 atom stereocenters. The van der Waals surface area contributed by atoms with Crippen LogP contribution in [-0.4, -0.2) is 13.7 Å². The van der Waals surface area contributed by atoms with Crippen LogP contribution in [-0.2, 0) is 0 Å². The topological polar surface area (TPSA) is 62.4 Å². The molecule has 0 aliphatic rings. The number of aromatic nitrogens is 3. The molecule has 0 saturated carbocycles. The molecule has 0 unspecified atom stereocenters. The number of para-hydroxylation sites is 3. The summed E-state index contributed by atoms with van der Waals surface area (Å²) in [5, 5.41) is 33.4. The Morgan fingerprint density at radius 3 is 1.32 bits per heavy atom. The van der Waals surface area contributed by atoms with Gasteiger partial charge in [0.05, 0.1) is 55.6 Å². The van der Waals surface area contributed by atoms with E-state index in [2.05, 4.69) is 208 Å². The molecule has 0 amide bonds. The summed E-state index contributed by atoms with van der Waals surface area (Å²) in [4.78, 5) is 0. The molecule has 3 heterocycles. The lowest BCUT2D eigenvalue weighted by Crippen LogP contribution is -2.04. The zero-order chi connectivity index (χ0) is 41.8. The van der Waals surface area contributed by atoms with Gasteiger partial charge in [0.2, 0.25) is 0 Å². The Bertz CT molecular complexity index is 4170. The largest absolute Gasteiger partial charge is 0.309 e. The maximum Gasteiger partial charge on any atom is 0.101 e. The second-order valence-electron chi connectivity index (χ2n) is 16.3. The molecule has 3 aromatic heterocycles. The SMILES string of the molecule is N#Cc1cc(-n2c3ccc(-c4ccc5c(c4)c4ccccc4n5-c4ccccc4)cc3c3c4ccccc4ccc32)c(C#N)cc1-n1c2ccccc2c2c3ccccc3ccc21. The number of benzene rings is 10. The minimum absolute atomic E-state index is 0.479. The Morgan fingerprint density at radius 1 is 0.302 bits per heavy atom. The van der Waals surface area contributed by atoms with Gasteiger partial charge in [-0.25, -0.2) is 0 Å². The van der Waals surface area contributed by atoms with Gasteiger partial charge in [-0.2, -0.15) is 10.5 Å². The molecule has 13 aromatic rings. The Labute approximate surface area is 361 Å². The minimum atomic E-state index is 0.479. The molecule has 5 nitrogen and oxygen atoms in total. The maximum atomic E-state index is 11.1. The molecule has 5 heteroatoms. The quantitative estimate of drug-likeness (QED) is 0.178. The molecule has 0 aliphatic carbocycles. The predicted octanol–water partition coefficient (Wildman–Crippen LogP) is 14.7. The highest BCUT2D eigenvalue weighted by Gasteiger charge is 2.23. The first-order valence-corrected chi connectivity index (χ1v) is 21.1. The van der Waals surface area contributed by atoms with Crippen molar-refractivity contribution < 1.29 is 0 Å². The van der Waals surface area contributed by atoms with E-state index in [1.807, 2.05) is 18.2 Å². The molecule has 10 aromatic carbocycles. The van der Waals surface area contributed by atoms with Crippen LogP contribution in [0.2, 0.25) is 0 Å². The highest BCUT2D eigenvalue weighted by atomic mass is 15.0. The van der Waals surface area contributed by atoms with Crippen LogP contribution in [0.1, 0.15) is 11.1 Å². The molecule has 290 valence electrons. The van der Waals surface area contributed by atoms with Crippen LogP contribution in [0.15, 0.2) is 200 Å². The zero-order valence-corrected chi connectivity index (χ0v) is 33.8. The van der Waals surface area contributed by atoms with E-state index in [0.29, 0.717) is 22.5 Å². The van der Waals surface area contributed by atoms with Gasteiger partial charge in [-0.3, -0.25) is 0 Å². The molecule has 0 fully saturated rings. The van der Waals surface area contributed by atoms with Crippen molar-refractivity contribution in [1.82, 2.24) is 13.7 Å². The summed E-state index contributed by atoms with van der Waals surface area (Å²) in [7, 11) is 0. The molecule has 0 radical (unpaired) electrons. The Hall–Kier alpha value is -8.90. The van der Waals surface area contributed by atoms with Gasteiger partial charge < -0.3 is 13.7 Å². The lowest BCUT2D eigenvalue weighted by molar-refractivity contribution is 1.12. The third-order valence-electron chi connectivity index (χ3n) is 13.1. The van der Waals surface area contributed by atoms with Crippen LogP contribution < -0.4 is 0 Å². The highest BCUT2D eigenvalue weighted by Crippen LogP contribution is 2.43. The second-order valence-corrected chi connectivity index (χ2v) is 16.3. The summed E-state index contributed by atoms with van der Waals surface area (Å²) >= 11 is 0. The lowest BCUT2D eigenvalue weighted by Gasteiger charge is -2.16. The predicted molar refractivity (Wildman–Crippen MR) is 259 cm³/mol. The van der Waals surface area contributed by atoms with Crippen LogP contribution in [0, 0.1) is 22.7 Å². The van der Waals surface area contributed by atoms with Crippen molar-refractivity contribution in [1.29, 1.82) is 10.5 Å². The zero-order valence-electron chi connectivity index (χ0n) is 33.8. The standard InChI is InChI=1S/C58H33N5/c59-34-40-33-56(41(35-60)32-55(40)62-50-21-11-9-19-46(50)57-43-16-6-4-12-36(43)22-28-53(57)62)63-52-27-25-39(31-48(52)58-44-17-7-5-13-37(44)23-29-54(58)63)38-24-26-51-47(30-38)45-18-8-10-20-49(45)61(51)42-14-2-1-3-15-42/h1-33H. The molecular weight excluding hydrogens is 767 g/mol. The molecule has 0 N–H and O–H groups in total. The Balaban J connectivity index is 1.05. The van der Waals surface area contributed by atoms with Gasteiger partial charge in [0, 0.05) is 38.0 Å². The summed E-state index contributed by atoms with van der Waals surface area (Å²) in [6.45, 7) is 0. The fourth-order valence-corrected chi connectivity index (χ4v) is 10.4. The first kappa shape index (κ1) is 34.9. The van der Waals surface area contributed by atoms with E-state index in [4.69, 9.17) is 0 Å². The average molecular weight is 800 g/mol.